The van der Waals surface area contributed by atoms with Gasteiger partial charge in [-0.2, -0.15) is 5.26 Å². The van der Waals surface area contributed by atoms with E-state index in [0.29, 0.717) is 6.42 Å². The van der Waals surface area contributed by atoms with Crippen LogP contribution in [0, 0.1) is 11.3 Å². The largest absolute Gasteiger partial charge is 0.288 e. The number of hydrogen-bond donors (Lipinski definition) is 0. The Morgan fingerprint density at radius 3 is 2.24 bits per heavy atom. The van der Waals surface area contributed by atoms with Crippen molar-refractivity contribution in [2.45, 2.75) is 12.5 Å². The van der Waals surface area contributed by atoms with Gasteiger partial charge in [-0.3, -0.25) is 4.90 Å². The average molecular weight is 226 g/mol. The maximum atomic E-state index is 8.96. The molecule has 0 N–H and O–H groups in total. The van der Waals surface area contributed by atoms with E-state index in [9.17, 15) is 0 Å². The van der Waals surface area contributed by atoms with E-state index in [2.05, 4.69) is 36.3 Å². The van der Waals surface area contributed by atoms with Crippen molar-refractivity contribution in [3.63, 3.8) is 0 Å². The molecular formula is C15H18N2. The highest BCUT2D eigenvalue weighted by molar-refractivity contribution is 5.20. The van der Waals surface area contributed by atoms with Crippen molar-refractivity contribution in [1.29, 1.82) is 5.26 Å². The van der Waals surface area contributed by atoms with Crippen molar-refractivity contribution in [2.24, 2.45) is 0 Å². The summed E-state index contributed by atoms with van der Waals surface area (Å²) in [4.78, 5) is 2.19. The minimum atomic E-state index is 0.109. The van der Waals surface area contributed by atoms with E-state index in [1.54, 1.807) is 0 Å². The van der Waals surface area contributed by atoms with Crippen molar-refractivity contribution in [3.05, 3.63) is 61.2 Å². The molecule has 0 spiro atoms. The van der Waals surface area contributed by atoms with Gasteiger partial charge in [0.15, 0.2) is 0 Å². The molecular weight excluding hydrogens is 208 g/mol. The van der Waals surface area contributed by atoms with Gasteiger partial charge < -0.3 is 0 Å². The second-order valence-electron chi connectivity index (χ2n) is 3.82. The van der Waals surface area contributed by atoms with Gasteiger partial charge >= 0.3 is 0 Å². The Bertz CT molecular complexity index is 379. The summed E-state index contributed by atoms with van der Waals surface area (Å²) < 4.78 is 0. The summed E-state index contributed by atoms with van der Waals surface area (Å²) in [6.07, 6.45) is 4.19. The van der Waals surface area contributed by atoms with Gasteiger partial charge in [0.05, 0.1) is 12.5 Å². The van der Waals surface area contributed by atoms with E-state index in [-0.39, 0.29) is 6.04 Å². The summed E-state index contributed by atoms with van der Waals surface area (Å²) in [5.74, 6) is 0. The van der Waals surface area contributed by atoms with Gasteiger partial charge in [0.25, 0.3) is 0 Å². The van der Waals surface area contributed by atoms with Crippen LogP contribution < -0.4 is 0 Å². The highest BCUT2D eigenvalue weighted by atomic mass is 15.1. The number of nitriles is 1. The second-order valence-corrected chi connectivity index (χ2v) is 3.82. The van der Waals surface area contributed by atoms with Gasteiger partial charge in [0, 0.05) is 19.1 Å². The summed E-state index contributed by atoms with van der Waals surface area (Å²) in [7, 11) is 0. The average Bonchev–Trinajstić information content (AvgIpc) is 2.37. The number of benzene rings is 1. The highest BCUT2D eigenvalue weighted by Crippen LogP contribution is 2.23. The van der Waals surface area contributed by atoms with E-state index >= 15 is 0 Å². The Labute approximate surface area is 103 Å². The monoisotopic (exact) mass is 226 g/mol. The molecule has 0 amide bonds. The predicted molar refractivity (Wildman–Crippen MR) is 71.4 cm³/mol. The van der Waals surface area contributed by atoms with Gasteiger partial charge in [-0.25, -0.2) is 0 Å². The fraction of sp³-hybridized carbons (Fsp3) is 0.267. The Balaban J connectivity index is 2.93. The van der Waals surface area contributed by atoms with Crippen LogP contribution in [0.4, 0.5) is 0 Å². The summed E-state index contributed by atoms with van der Waals surface area (Å²) in [5, 5.41) is 8.96. The number of hydrogen-bond acceptors (Lipinski definition) is 2. The Morgan fingerprint density at radius 1 is 1.18 bits per heavy atom. The van der Waals surface area contributed by atoms with Crippen molar-refractivity contribution >= 4 is 0 Å². The summed E-state index contributed by atoms with van der Waals surface area (Å²) >= 11 is 0. The molecule has 1 rings (SSSR count). The second kappa shape index (κ2) is 7.43. The standard InChI is InChI=1S/C15H18N2/c1-3-12-17(13-4-2)15(10-11-16)14-8-6-5-7-9-14/h3-9,15H,1-2,10,12-13H2. The van der Waals surface area contributed by atoms with E-state index in [4.69, 9.17) is 5.26 Å². The van der Waals surface area contributed by atoms with Crippen molar-refractivity contribution in [3.8, 4) is 6.07 Å². The third-order valence-electron chi connectivity index (χ3n) is 2.64. The normalized spacial score (nSPS) is 11.8. The van der Waals surface area contributed by atoms with Crippen LogP contribution in [0.5, 0.6) is 0 Å². The molecule has 0 aromatic heterocycles. The molecule has 0 bridgehead atoms. The Morgan fingerprint density at radius 2 is 1.76 bits per heavy atom. The lowest BCUT2D eigenvalue weighted by Crippen LogP contribution is -2.29. The van der Waals surface area contributed by atoms with E-state index in [1.165, 1.54) is 0 Å². The molecule has 0 fully saturated rings. The zero-order chi connectivity index (χ0) is 12.5. The summed E-state index contributed by atoms with van der Waals surface area (Å²) in [5.41, 5.74) is 1.16. The highest BCUT2D eigenvalue weighted by Gasteiger charge is 2.17. The first-order valence-corrected chi connectivity index (χ1v) is 5.71. The van der Waals surface area contributed by atoms with Gasteiger partial charge in [-0.05, 0) is 5.56 Å². The van der Waals surface area contributed by atoms with Gasteiger partial charge in [0.1, 0.15) is 0 Å². The van der Waals surface area contributed by atoms with Crippen LogP contribution in [0.25, 0.3) is 0 Å². The van der Waals surface area contributed by atoms with Gasteiger partial charge in [-0.1, -0.05) is 42.5 Å². The third kappa shape index (κ3) is 3.90. The van der Waals surface area contributed by atoms with E-state index in [1.807, 2.05) is 30.4 Å². The van der Waals surface area contributed by atoms with E-state index < -0.39 is 0 Å². The molecule has 0 aliphatic carbocycles. The van der Waals surface area contributed by atoms with Gasteiger partial charge in [-0.15, -0.1) is 13.2 Å². The molecule has 0 saturated heterocycles. The number of nitrogens with zero attached hydrogens (tertiary/aromatic N) is 2. The van der Waals surface area contributed by atoms with Crippen LogP contribution in [0.15, 0.2) is 55.6 Å². The third-order valence-corrected chi connectivity index (χ3v) is 2.64. The van der Waals surface area contributed by atoms with Gasteiger partial charge in [0.2, 0.25) is 0 Å². The molecule has 0 saturated carbocycles. The molecule has 1 unspecified atom stereocenters. The van der Waals surface area contributed by atoms with E-state index in [0.717, 1.165) is 18.7 Å². The predicted octanol–water partition coefficient (Wildman–Crippen LogP) is 3.32. The molecule has 2 heteroatoms. The van der Waals surface area contributed by atoms with Crippen LogP contribution in [0.1, 0.15) is 18.0 Å². The lowest BCUT2D eigenvalue weighted by molar-refractivity contribution is 0.246. The van der Waals surface area contributed by atoms with Crippen LogP contribution >= 0.6 is 0 Å². The minimum absolute atomic E-state index is 0.109. The van der Waals surface area contributed by atoms with Crippen LogP contribution in [0.3, 0.4) is 0 Å². The van der Waals surface area contributed by atoms with Crippen LogP contribution in [-0.4, -0.2) is 18.0 Å². The first kappa shape index (κ1) is 13.2. The Hall–Kier alpha value is -1.85. The SMILES string of the molecule is C=CCN(CC=C)C(CC#N)c1ccccc1. The summed E-state index contributed by atoms with van der Waals surface area (Å²) in [6.45, 7) is 9.03. The maximum absolute atomic E-state index is 8.96. The molecule has 17 heavy (non-hydrogen) atoms. The first-order valence-electron chi connectivity index (χ1n) is 5.71. The fourth-order valence-electron chi connectivity index (χ4n) is 1.88. The fourth-order valence-corrected chi connectivity index (χ4v) is 1.88. The summed E-state index contributed by atoms with van der Waals surface area (Å²) in [6, 6.07) is 12.5. The molecule has 0 aliphatic rings. The zero-order valence-electron chi connectivity index (χ0n) is 10.0. The molecule has 0 radical (unpaired) electrons. The van der Waals surface area contributed by atoms with Crippen LogP contribution in [-0.2, 0) is 0 Å². The molecule has 88 valence electrons. The smallest absolute Gasteiger partial charge is 0.0641 e. The minimum Gasteiger partial charge on any atom is -0.288 e. The molecule has 0 heterocycles. The lowest BCUT2D eigenvalue weighted by Gasteiger charge is -2.28. The molecule has 1 aromatic carbocycles. The Kier molecular flexibility index (Phi) is 5.77. The first-order chi connectivity index (χ1) is 8.33. The number of rotatable bonds is 7. The van der Waals surface area contributed by atoms with Crippen LogP contribution in [0.2, 0.25) is 0 Å². The van der Waals surface area contributed by atoms with Crippen molar-refractivity contribution < 1.29 is 0 Å². The zero-order valence-corrected chi connectivity index (χ0v) is 10.0. The topological polar surface area (TPSA) is 27.0 Å². The maximum Gasteiger partial charge on any atom is 0.0641 e. The molecule has 0 aliphatic heterocycles. The molecule has 1 atom stereocenters. The lowest BCUT2D eigenvalue weighted by atomic mass is 10.0. The molecule has 1 aromatic rings. The van der Waals surface area contributed by atoms with Crippen molar-refractivity contribution in [2.75, 3.05) is 13.1 Å². The quantitative estimate of drug-likeness (QED) is 0.667. The van der Waals surface area contributed by atoms with Crippen molar-refractivity contribution in [1.82, 2.24) is 4.90 Å². The molecule has 2 nitrogen and oxygen atoms in total.